The van der Waals surface area contributed by atoms with E-state index in [1.54, 1.807) is 0 Å². The Morgan fingerprint density at radius 2 is 1.94 bits per heavy atom. The molecule has 1 aromatic heterocycles. The van der Waals surface area contributed by atoms with Crippen LogP contribution >= 0.6 is 0 Å². The number of Topliss-reactive ketones (excluding diaryl/α,β-unsaturated/α-hetero) is 1. The first-order valence-electron chi connectivity index (χ1n) is 5.81. The van der Waals surface area contributed by atoms with Gasteiger partial charge in [0.15, 0.2) is 5.78 Å². The molecule has 0 radical (unpaired) electrons. The van der Waals surface area contributed by atoms with Gasteiger partial charge >= 0.3 is 5.97 Å². The predicted octanol–water partition coefficient (Wildman–Crippen LogP) is 2.61. The van der Waals surface area contributed by atoms with Gasteiger partial charge in [0.25, 0.3) is 0 Å². The lowest BCUT2D eigenvalue weighted by Gasteiger charge is -2.00. The van der Waals surface area contributed by atoms with Gasteiger partial charge in [0.05, 0.1) is 13.5 Å². The Hall–Kier alpha value is -2.10. The Kier molecular flexibility index (Phi) is 3.46. The van der Waals surface area contributed by atoms with Gasteiger partial charge in [0.1, 0.15) is 0 Å². The van der Waals surface area contributed by atoms with Crippen molar-refractivity contribution in [3.63, 3.8) is 0 Å². The van der Waals surface area contributed by atoms with Crippen molar-refractivity contribution < 1.29 is 14.3 Å². The summed E-state index contributed by atoms with van der Waals surface area (Å²) in [4.78, 5) is 26.4. The molecule has 2 aromatic rings. The number of ketones is 1. The Balaban J connectivity index is 2.27. The molecule has 1 N–H and O–H groups in total. The van der Waals surface area contributed by atoms with E-state index in [9.17, 15) is 9.59 Å². The van der Waals surface area contributed by atoms with Gasteiger partial charge in [-0.2, -0.15) is 0 Å². The molecular weight excluding hydrogens is 230 g/mol. The molecule has 0 fully saturated rings. The summed E-state index contributed by atoms with van der Waals surface area (Å²) in [6, 6.07) is 7.65. The number of fused-ring (bicyclic) bond motifs is 1. The molecule has 0 saturated heterocycles. The summed E-state index contributed by atoms with van der Waals surface area (Å²) < 4.78 is 4.54. The number of hydrogen-bond acceptors (Lipinski definition) is 3. The van der Waals surface area contributed by atoms with Crippen molar-refractivity contribution in [2.24, 2.45) is 0 Å². The number of benzene rings is 1. The van der Waals surface area contributed by atoms with Crippen LogP contribution in [0.15, 0.2) is 24.3 Å². The smallest absolute Gasteiger partial charge is 0.305 e. The maximum atomic E-state index is 12.1. The fourth-order valence-corrected chi connectivity index (χ4v) is 2.08. The van der Waals surface area contributed by atoms with Crippen LogP contribution in [-0.2, 0) is 9.53 Å². The summed E-state index contributed by atoms with van der Waals surface area (Å²) in [6.07, 6.45) is 0.295. The summed E-state index contributed by atoms with van der Waals surface area (Å²) in [6.45, 7) is 1.87. The first-order chi connectivity index (χ1) is 8.63. The van der Waals surface area contributed by atoms with Crippen LogP contribution in [0.25, 0.3) is 10.9 Å². The van der Waals surface area contributed by atoms with Crippen molar-refractivity contribution in [1.29, 1.82) is 0 Å². The van der Waals surface area contributed by atoms with Gasteiger partial charge in [-0.1, -0.05) is 18.2 Å². The van der Waals surface area contributed by atoms with E-state index in [1.807, 2.05) is 31.2 Å². The second-order valence-corrected chi connectivity index (χ2v) is 4.17. The standard InChI is InChI=1S/C14H15NO3/c1-9-14(12(16)7-8-13(17)18-2)10-5-3-4-6-11(10)15-9/h3-6,15H,7-8H2,1-2H3. The Bertz CT molecular complexity index is 598. The van der Waals surface area contributed by atoms with E-state index >= 15 is 0 Å². The molecule has 0 aliphatic heterocycles. The largest absolute Gasteiger partial charge is 0.469 e. The first-order valence-corrected chi connectivity index (χ1v) is 5.81. The molecule has 0 spiro atoms. The van der Waals surface area contributed by atoms with E-state index in [0.29, 0.717) is 5.56 Å². The molecule has 2 rings (SSSR count). The third-order valence-electron chi connectivity index (χ3n) is 2.96. The van der Waals surface area contributed by atoms with Crippen LogP contribution < -0.4 is 0 Å². The van der Waals surface area contributed by atoms with E-state index in [0.717, 1.165) is 16.6 Å². The van der Waals surface area contributed by atoms with Crippen LogP contribution in [0.3, 0.4) is 0 Å². The first kappa shape index (κ1) is 12.4. The highest BCUT2D eigenvalue weighted by molar-refractivity contribution is 6.09. The van der Waals surface area contributed by atoms with Gasteiger partial charge in [-0.25, -0.2) is 0 Å². The maximum absolute atomic E-state index is 12.1. The number of esters is 1. The van der Waals surface area contributed by atoms with Crippen molar-refractivity contribution in [2.45, 2.75) is 19.8 Å². The average molecular weight is 245 g/mol. The number of aromatic amines is 1. The van der Waals surface area contributed by atoms with Crippen LogP contribution in [0.4, 0.5) is 0 Å². The lowest BCUT2D eigenvalue weighted by atomic mass is 10.0. The van der Waals surface area contributed by atoms with Crippen LogP contribution in [-0.4, -0.2) is 23.8 Å². The lowest BCUT2D eigenvalue weighted by molar-refractivity contribution is -0.140. The molecule has 94 valence electrons. The zero-order valence-corrected chi connectivity index (χ0v) is 10.4. The Morgan fingerprint density at radius 3 is 2.67 bits per heavy atom. The highest BCUT2D eigenvalue weighted by Crippen LogP contribution is 2.23. The molecule has 4 heteroatoms. The molecule has 0 atom stereocenters. The number of aryl methyl sites for hydroxylation is 1. The number of carbonyl (C=O) groups is 2. The molecule has 1 heterocycles. The monoisotopic (exact) mass is 245 g/mol. The number of para-hydroxylation sites is 1. The Morgan fingerprint density at radius 1 is 1.22 bits per heavy atom. The number of rotatable bonds is 4. The molecule has 0 amide bonds. The van der Waals surface area contributed by atoms with Gasteiger partial charge in [0.2, 0.25) is 0 Å². The predicted molar refractivity (Wildman–Crippen MR) is 68.6 cm³/mol. The highest BCUT2D eigenvalue weighted by Gasteiger charge is 2.16. The van der Waals surface area contributed by atoms with Crippen molar-refractivity contribution in [2.75, 3.05) is 7.11 Å². The number of ether oxygens (including phenoxy) is 1. The number of hydrogen-bond donors (Lipinski definition) is 1. The molecule has 0 aliphatic carbocycles. The number of aromatic nitrogens is 1. The minimum absolute atomic E-state index is 0.0321. The zero-order chi connectivity index (χ0) is 13.1. The van der Waals surface area contributed by atoms with E-state index < -0.39 is 0 Å². The lowest BCUT2D eigenvalue weighted by Crippen LogP contribution is -2.06. The SMILES string of the molecule is COC(=O)CCC(=O)c1c(C)[nH]c2ccccc12. The van der Waals surface area contributed by atoms with E-state index in [-0.39, 0.29) is 24.6 Å². The molecule has 0 bridgehead atoms. The van der Waals surface area contributed by atoms with Crippen molar-refractivity contribution in [1.82, 2.24) is 4.98 Å². The maximum Gasteiger partial charge on any atom is 0.305 e. The Labute approximate surface area is 105 Å². The number of nitrogens with one attached hydrogen (secondary N) is 1. The number of H-pyrrole nitrogens is 1. The van der Waals surface area contributed by atoms with Gasteiger partial charge in [-0.05, 0) is 13.0 Å². The van der Waals surface area contributed by atoms with Crippen LogP contribution in [0.1, 0.15) is 28.9 Å². The zero-order valence-electron chi connectivity index (χ0n) is 10.4. The summed E-state index contributed by atoms with van der Waals surface area (Å²) in [5, 5.41) is 0.907. The summed E-state index contributed by atoms with van der Waals surface area (Å²) >= 11 is 0. The number of methoxy groups -OCH3 is 1. The third-order valence-corrected chi connectivity index (χ3v) is 2.96. The highest BCUT2D eigenvalue weighted by atomic mass is 16.5. The normalized spacial score (nSPS) is 10.6. The number of carbonyl (C=O) groups excluding carboxylic acids is 2. The van der Waals surface area contributed by atoms with Crippen LogP contribution in [0, 0.1) is 6.92 Å². The topological polar surface area (TPSA) is 59.2 Å². The second kappa shape index (κ2) is 5.04. The average Bonchev–Trinajstić information content (AvgIpc) is 2.71. The third kappa shape index (κ3) is 2.27. The van der Waals surface area contributed by atoms with Crippen LogP contribution in [0.5, 0.6) is 0 Å². The van der Waals surface area contributed by atoms with Crippen molar-refractivity contribution in [3.8, 4) is 0 Å². The van der Waals surface area contributed by atoms with E-state index in [4.69, 9.17) is 0 Å². The fourth-order valence-electron chi connectivity index (χ4n) is 2.08. The minimum atomic E-state index is -0.360. The van der Waals surface area contributed by atoms with E-state index in [2.05, 4.69) is 9.72 Å². The molecule has 1 aromatic carbocycles. The quantitative estimate of drug-likeness (QED) is 0.665. The summed E-state index contributed by atoms with van der Waals surface area (Å²) in [7, 11) is 1.32. The van der Waals surface area contributed by atoms with Gasteiger partial charge < -0.3 is 9.72 Å². The van der Waals surface area contributed by atoms with Gasteiger partial charge in [-0.3, -0.25) is 9.59 Å². The molecule has 18 heavy (non-hydrogen) atoms. The summed E-state index contributed by atoms with van der Waals surface area (Å²) in [5.41, 5.74) is 2.46. The molecule has 0 saturated carbocycles. The van der Waals surface area contributed by atoms with Crippen LogP contribution in [0.2, 0.25) is 0 Å². The minimum Gasteiger partial charge on any atom is -0.469 e. The van der Waals surface area contributed by atoms with Crippen molar-refractivity contribution in [3.05, 3.63) is 35.5 Å². The molecule has 4 nitrogen and oxygen atoms in total. The van der Waals surface area contributed by atoms with Gasteiger partial charge in [0, 0.05) is 28.6 Å². The summed E-state index contributed by atoms with van der Waals surface area (Å²) in [5.74, 6) is -0.392. The van der Waals surface area contributed by atoms with Gasteiger partial charge in [-0.15, -0.1) is 0 Å². The second-order valence-electron chi connectivity index (χ2n) is 4.17. The van der Waals surface area contributed by atoms with Crippen molar-refractivity contribution >= 4 is 22.7 Å². The van der Waals surface area contributed by atoms with E-state index in [1.165, 1.54) is 7.11 Å². The molecular formula is C14H15NO3. The molecule has 0 unspecified atom stereocenters. The molecule has 0 aliphatic rings. The fraction of sp³-hybridized carbons (Fsp3) is 0.286.